The third-order valence-electron chi connectivity index (χ3n) is 1.13. The molecule has 0 amide bonds. The summed E-state index contributed by atoms with van der Waals surface area (Å²) in [6.45, 7) is 3.50. The Hall–Kier alpha value is -0.790. The van der Waals surface area contributed by atoms with Crippen LogP contribution in [0.15, 0.2) is 12.2 Å². The molecule has 0 spiro atoms. The molecular formula is C7H11O2. The minimum atomic E-state index is -0.979. The van der Waals surface area contributed by atoms with Crippen molar-refractivity contribution in [3.8, 4) is 0 Å². The number of carbonyl (C=O) groups excluding carboxylic acids is 1. The fraction of sp³-hybridized carbons (Fsp3) is 0.571. The molecule has 1 unspecified atom stereocenters. The van der Waals surface area contributed by atoms with Crippen molar-refractivity contribution in [1.29, 1.82) is 0 Å². The van der Waals surface area contributed by atoms with Crippen molar-refractivity contribution in [3.63, 3.8) is 0 Å². The molecule has 0 aliphatic carbocycles. The van der Waals surface area contributed by atoms with Crippen LogP contribution in [-0.2, 0) is 9.90 Å². The van der Waals surface area contributed by atoms with E-state index in [0.717, 1.165) is 0 Å². The molecule has 0 aromatic carbocycles. The third kappa shape index (κ3) is 3.76. The highest BCUT2D eigenvalue weighted by molar-refractivity contribution is 5.69. The van der Waals surface area contributed by atoms with Crippen molar-refractivity contribution in [3.05, 3.63) is 12.2 Å². The average Bonchev–Trinajstić information content (AvgIpc) is 1.82. The molecule has 1 atom stereocenters. The van der Waals surface area contributed by atoms with E-state index in [4.69, 9.17) is 0 Å². The summed E-state index contributed by atoms with van der Waals surface area (Å²) in [5, 5.41) is 10.1. The molecule has 0 fully saturated rings. The molecular weight excluding hydrogens is 116 g/mol. The van der Waals surface area contributed by atoms with Crippen LogP contribution in [0.5, 0.6) is 0 Å². The number of rotatable bonds is 3. The first-order valence-electron chi connectivity index (χ1n) is 3.00. The lowest BCUT2D eigenvalue weighted by atomic mass is 10.1. The zero-order chi connectivity index (χ0) is 7.28. The van der Waals surface area contributed by atoms with Gasteiger partial charge in [-0.2, -0.15) is 0 Å². The third-order valence-corrected chi connectivity index (χ3v) is 1.13. The number of allylic oxidation sites excluding steroid dienone is 2. The molecule has 0 saturated carbocycles. The number of hydrogen-bond acceptors (Lipinski definition) is 1. The second kappa shape index (κ2) is 4.13. The lowest BCUT2D eigenvalue weighted by Crippen LogP contribution is -2.05. The molecule has 0 bridgehead atoms. The van der Waals surface area contributed by atoms with E-state index in [1.54, 1.807) is 6.92 Å². The van der Waals surface area contributed by atoms with Gasteiger partial charge >= 0.3 is 5.97 Å². The van der Waals surface area contributed by atoms with Gasteiger partial charge in [-0.25, -0.2) is 9.90 Å². The molecule has 0 aliphatic rings. The van der Waals surface area contributed by atoms with Gasteiger partial charge in [0.05, 0.1) is 5.92 Å². The van der Waals surface area contributed by atoms with Crippen LogP contribution in [0.3, 0.4) is 0 Å². The van der Waals surface area contributed by atoms with Crippen LogP contribution in [0, 0.1) is 5.92 Å². The van der Waals surface area contributed by atoms with Gasteiger partial charge in [0, 0.05) is 0 Å². The molecule has 0 aromatic rings. The van der Waals surface area contributed by atoms with Gasteiger partial charge in [0.15, 0.2) is 0 Å². The van der Waals surface area contributed by atoms with Crippen LogP contribution in [-0.4, -0.2) is 5.97 Å². The zero-order valence-electron chi connectivity index (χ0n) is 5.76. The Labute approximate surface area is 55.2 Å². The quantitative estimate of drug-likeness (QED) is 0.530. The van der Waals surface area contributed by atoms with Crippen LogP contribution in [0.25, 0.3) is 0 Å². The van der Waals surface area contributed by atoms with Crippen molar-refractivity contribution in [2.75, 3.05) is 0 Å². The first-order chi connectivity index (χ1) is 4.18. The average molecular weight is 127 g/mol. The van der Waals surface area contributed by atoms with E-state index >= 15 is 0 Å². The van der Waals surface area contributed by atoms with E-state index in [-0.39, 0.29) is 5.92 Å². The molecule has 9 heavy (non-hydrogen) atoms. The molecule has 2 nitrogen and oxygen atoms in total. The van der Waals surface area contributed by atoms with E-state index in [0.29, 0.717) is 6.42 Å². The normalized spacial score (nSPS) is 14.0. The summed E-state index contributed by atoms with van der Waals surface area (Å²) in [5.41, 5.74) is 0. The minimum absolute atomic E-state index is 0.360. The Balaban J connectivity index is 3.50. The van der Waals surface area contributed by atoms with Crippen molar-refractivity contribution in [1.82, 2.24) is 0 Å². The molecule has 2 heteroatoms. The first kappa shape index (κ1) is 8.21. The van der Waals surface area contributed by atoms with Gasteiger partial charge in [-0.15, -0.1) is 0 Å². The fourth-order valence-electron chi connectivity index (χ4n) is 0.436. The molecule has 0 heterocycles. The zero-order valence-corrected chi connectivity index (χ0v) is 5.76. The molecule has 0 aliphatic heterocycles. The molecule has 0 rings (SSSR count). The summed E-state index contributed by atoms with van der Waals surface area (Å²) in [6, 6.07) is 0. The maximum atomic E-state index is 10.1. The van der Waals surface area contributed by atoms with Crippen LogP contribution in [0.1, 0.15) is 20.3 Å². The second-order valence-corrected chi connectivity index (χ2v) is 2.02. The Morgan fingerprint density at radius 1 is 1.67 bits per heavy atom. The SMILES string of the molecule is C/C=C/CC(C)C([O])=O. The molecule has 0 aromatic heterocycles. The predicted molar refractivity (Wildman–Crippen MR) is 34.3 cm³/mol. The van der Waals surface area contributed by atoms with E-state index in [1.807, 2.05) is 19.1 Å². The summed E-state index contributed by atoms with van der Waals surface area (Å²) in [7, 11) is 0. The molecule has 1 radical (unpaired) electrons. The summed E-state index contributed by atoms with van der Waals surface area (Å²) >= 11 is 0. The minimum Gasteiger partial charge on any atom is -0.247 e. The summed E-state index contributed by atoms with van der Waals surface area (Å²) < 4.78 is 0. The Morgan fingerprint density at radius 2 is 2.22 bits per heavy atom. The summed E-state index contributed by atoms with van der Waals surface area (Å²) in [6.07, 6.45) is 4.22. The van der Waals surface area contributed by atoms with E-state index in [2.05, 4.69) is 0 Å². The monoisotopic (exact) mass is 127 g/mol. The van der Waals surface area contributed by atoms with Crippen LogP contribution in [0.4, 0.5) is 0 Å². The maximum absolute atomic E-state index is 10.1. The van der Waals surface area contributed by atoms with Crippen molar-refractivity contribution < 1.29 is 9.90 Å². The second-order valence-electron chi connectivity index (χ2n) is 2.02. The van der Waals surface area contributed by atoms with Crippen molar-refractivity contribution >= 4 is 5.97 Å². The van der Waals surface area contributed by atoms with Gasteiger partial charge in [0.25, 0.3) is 0 Å². The van der Waals surface area contributed by atoms with Gasteiger partial charge < -0.3 is 0 Å². The van der Waals surface area contributed by atoms with Crippen LogP contribution in [0.2, 0.25) is 0 Å². The largest absolute Gasteiger partial charge is 0.358 e. The molecule has 0 N–H and O–H groups in total. The fourth-order valence-corrected chi connectivity index (χ4v) is 0.436. The van der Waals surface area contributed by atoms with E-state index < -0.39 is 5.97 Å². The van der Waals surface area contributed by atoms with E-state index in [1.165, 1.54) is 0 Å². The van der Waals surface area contributed by atoms with Gasteiger partial charge in [0.2, 0.25) is 0 Å². The lowest BCUT2D eigenvalue weighted by molar-refractivity contribution is -0.147. The Kier molecular flexibility index (Phi) is 3.76. The summed E-state index contributed by atoms with van der Waals surface area (Å²) in [4.78, 5) is 10.1. The van der Waals surface area contributed by atoms with Gasteiger partial charge in [0.1, 0.15) is 0 Å². The van der Waals surface area contributed by atoms with Crippen molar-refractivity contribution in [2.24, 2.45) is 5.92 Å². The first-order valence-corrected chi connectivity index (χ1v) is 3.00. The summed E-state index contributed by atoms with van der Waals surface area (Å²) in [5.74, 6) is -1.34. The number of hydrogen-bond donors (Lipinski definition) is 0. The van der Waals surface area contributed by atoms with Gasteiger partial charge in [-0.05, 0) is 13.3 Å². The molecule has 0 saturated heterocycles. The lowest BCUT2D eigenvalue weighted by Gasteiger charge is -1.95. The number of carbonyl (C=O) groups is 1. The highest BCUT2D eigenvalue weighted by atomic mass is 16.4. The Morgan fingerprint density at radius 3 is 2.56 bits per heavy atom. The smallest absolute Gasteiger partial charge is 0.247 e. The predicted octanol–water partition coefficient (Wildman–Crippen LogP) is 1.55. The van der Waals surface area contributed by atoms with Crippen LogP contribution >= 0.6 is 0 Å². The van der Waals surface area contributed by atoms with Crippen molar-refractivity contribution in [2.45, 2.75) is 20.3 Å². The van der Waals surface area contributed by atoms with Crippen LogP contribution < -0.4 is 0 Å². The standard InChI is InChI=1S/C7H11O2/c1-3-4-5-6(2)7(8)9/h3-4,6H,5H2,1-2H3/b4-3+. The Bertz CT molecular complexity index is 116. The van der Waals surface area contributed by atoms with Gasteiger partial charge in [-0.3, -0.25) is 0 Å². The highest BCUT2D eigenvalue weighted by Crippen LogP contribution is 2.01. The maximum Gasteiger partial charge on any atom is 0.358 e. The molecule has 51 valence electrons. The van der Waals surface area contributed by atoms with E-state index in [9.17, 15) is 9.90 Å². The topological polar surface area (TPSA) is 37.0 Å². The highest BCUT2D eigenvalue weighted by Gasteiger charge is 2.09. The van der Waals surface area contributed by atoms with Gasteiger partial charge in [-0.1, -0.05) is 19.1 Å².